The van der Waals surface area contributed by atoms with Crippen LogP contribution in [-0.4, -0.2) is 0 Å². The summed E-state index contributed by atoms with van der Waals surface area (Å²) in [7, 11) is 0. The normalized spacial score (nSPS) is 10.4. The molecule has 0 unspecified atom stereocenters. The van der Waals surface area contributed by atoms with E-state index in [-0.39, 0.29) is 5.82 Å². The second-order valence-corrected chi connectivity index (χ2v) is 3.83. The lowest BCUT2D eigenvalue weighted by Gasteiger charge is -2.08. The zero-order valence-electron chi connectivity index (χ0n) is 9.20. The van der Waals surface area contributed by atoms with Crippen LogP contribution in [-0.2, 0) is 6.54 Å². The molecule has 0 radical (unpaired) electrons. The molecule has 2 aromatic carbocycles. The van der Waals surface area contributed by atoms with Gasteiger partial charge < -0.3 is 5.73 Å². The quantitative estimate of drug-likeness (QED) is 0.817. The fourth-order valence-electron chi connectivity index (χ4n) is 1.75. The van der Waals surface area contributed by atoms with E-state index in [1.165, 1.54) is 6.07 Å². The maximum atomic E-state index is 13.6. The van der Waals surface area contributed by atoms with Crippen molar-refractivity contribution in [3.63, 3.8) is 0 Å². The molecule has 1 nitrogen and oxygen atoms in total. The van der Waals surface area contributed by atoms with E-state index in [1.807, 2.05) is 31.2 Å². The molecule has 0 heterocycles. The number of halogens is 1. The van der Waals surface area contributed by atoms with Gasteiger partial charge in [-0.25, -0.2) is 4.39 Å². The van der Waals surface area contributed by atoms with Gasteiger partial charge in [0.05, 0.1) is 0 Å². The Morgan fingerprint density at radius 2 is 1.88 bits per heavy atom. The van der Waals surface area contributed by atoms with Crippen LogP contribution in [0.4, 0.5) is 4.39 Å². The van der Waals surface area contributed by atoms with Crippen molar-refractivity contribution in [3.8, 4) is 11.1 Å². The highest BCUT2D eigenvalue weighted by molar-refractivity contribution is 5.65. The Balaban J connectivity index is 2.53. The van der Waals surface area contributed by atoms with E-state index >= 15 is 0 Å². The monoisotopic (exact) mass is 215 g/mol. The number of nitrogens with two attached hydrogens (primary N) is 1. The maximum Gasteiger partial charge on any atom is 0.131 e. The smallest absolute Gasteiger partial charge is 0.131 e. The Kier molecular flexibility index (Phi) is 3.02. The summed E-state index contributed by atoms with van der Waals surface area (Å²) < 4.78 is 13.6. The summed E-state index contributed by atoms with van der Waals surface area (Å²) in [4.78, 5) is 0. The first-order valence-corrected chi connectivity index (χ1v) is 5.27. The fraction of sp³-hybridized carbons (Fsp3) is 0.143. The summed E-state index contributed by atoms with van der Waals surface area (Å²) >= 11 is 0. The van der Waals surface area contributed by atoms with E-state index in [9.17, 15) is 4.39 Å². The van der Waals surface area contributed by atoms with Crippen molar-refractivity contribution in [1.29, 1.82) is 0 Å². The average molecular weight is 215 g/mol. The van der Waals surface area contributed by atoms with Gasteiger partial charge in [0.2, 0.25) is 0 Å². The molecule has 82 valence electrons. The lowest BCUT2D eigenvalue weighted by Crippen LogP contribution is -1.99. The Hall–Kier alpha value is -1.67. The van der Waals surface area contributed by atoms with Gasteiger partial charge in [-0.3, -0.25) is 0 Å². The van der Waals surface area contributed by atoms with Crippen LogP contribution in [0.25, 0.3) is 11.1 Å². The summed E-state index contributed by atoms with van der Waals surface area (Å²) in [5.41, 5.74) is 9.34. The average Bonchev–Trinajstić information content (AvgIpc) is 2.31. The highest BCUT2D eigenvalue weighted by atomic mass is 19.1. The maximum absolute atomic E-state index is 13.6. The molecule has 0 aliphatic carbocycles. The zero-order valence-corrected chi connectivity index (χ0v) is 9.20. The molecule has 0 aliphatic heterocycles. The van der Waals surface area contributed by atoms with Gasteiger partial charge in [-0.2, -0.15) is 0 Å². The van der Waals surface area contributed by atoms with Crippen LogP contribution in [0, 0.1) is 12.7 Å². The highest BCUT2D eigenvalue weighted by Gasteiger charge is 2.05. The first-order chi connectivity index (χ1) is 7.72. The predicted octanol–water partition coefficient (Wildman–Crippen LogP) is 3.26. The molecule has 0 aliphatic rings. The summed E-state index contributed by atoms with van der Waals surface area (Å²) in [6.07, 6.45) is 0. The van der Waals surface area contributed by atoms with Gasteiger partial charge in [-0.15, -0.1) is 0 Å². The summed E-state index contributed by atoms with van der Waals surface area (Å²) in [5, 5.41) is 0. The lowest BCUT2D eigenvalue weighted by molar-refractivity contribution is 0.631. The fourth-order valence-corrected chi connectivity index (χ4v) is 1.75. The van der Waals surface area contributed by atoms with Crippen molar-refractivity contribution < 1.29 is 4.39 Å². The Morgan fingerprint density at radius 1 is 1.12 bits per heavy atom. The number of benzene rings is 2. The van der Waals surface area contributed by atoms with Gasteiger partial charge >= 0.3 is 0 Å². The summed E-state index contributed by atoms with van der Waals surface area (Å²) in [6, 6.07) is 12.6. The van der Waals surface area contributed by atoms with E-state index in [0.717, 1.165) is 16.7 Å². The number of hydrogen-bond donors (Lipinski definition) is 1. The third-order valence-corrected chi connectivity index (χ3v) is 2.75. The number of hydrogen-bond acceptors (Lipinski definition) is 1. The Labute approximate surface area is 94.7 Å². The molecule has 0 atom stereocenters. The van der Waals surface area contributed by atoms with Crippen molar-refractivity contribution in [1.82, 2.24) is 0 Å². The van der Waals surface area contributed by atoms with Gasteiger partial charge in [0.15, 0.2) is 0 Å². The first kappa shape index (κ1) is 10.8. The summed E-state index contributed by atoms with van der Waals surface area (Å²) in [5.74, 6) is -0.200. The van der Waals surface area contributed by atoms with E-state index in [1.54, 1.807) is 12.1 Å². The Morgan fingerprint density at radius 3 is 2.56 bits per heavy atom. The molecule has 16 heavy (non-hydrogen) atoms. The molecule has 0 saturated heterocycles. The van der Waals surface area contributed by atoms with Crippen LogP contribution < -0.4 is 5.73 Å². The van der Waals surface area contributed by atoms with E-state index in [0.29, 0.717) is 12.1 Å². The molecule has 0 spiro atoms. The van der Waals surface area contributed by atoms with Crippen LogP contribution in [0.2, 0.25) is 0 Å². The van der Waals surface area contributed by atoms with Crippen molar-refractivity contribution in [2.24, 2.45) is 5.73 Å². The highest BCUT2D eigenvalue weighted by Crippen LogP contribution is 2.24. The van der Waals surface area contributed by atoms with Crippen LogP contribution in [0.15, 0.2) is 42.5 Å². The van der Waals surface area contributed by atoms with Crippen molar-refractivity contribution >= 4 is 0 Å². The van der Waals surface area contributed by atoms with Crippen molar-refractivity contribution in [2.75, 3.05) is 0 Å². The van der Waals surface area contributed by atoms with Gasteiger partial charge in [0.25, 0.3) is 0 Å². The second-order valence-electron chi connectivity index (χ2n) is 3.83. The summed E-state index contributed by atoms with van der Waals surface area (Å²) in [6.45, 7) is 2.49. The van der Waals surface area contributed by atoms with Crippen molar-refractivity contribution in [2.45, 2.75) is 13.5 Å². The molecule has 0 bridgehead atoms. The molecule has 0 amide bonds. The van der Waals surface area contributed by atoms with Crippen molar-refractivity contribution in [3.05, 3.63) is 59.4 Å². The third-order valence-electron chi connectivity index (χ3n) is 2.75. The zero-order chi connectivity index (χ0) is 11.5. The molecule has 2 N–H and O–H groups in total. The molecular weight excluding hydrogens is 201 g/mol. The van der Waals surface area contributed by atoms with Gasteiger partial charge in [0, 0.05) is 12.1 Å². The predicted molar refractivity (Wildman–Crippen MR) is 64.5 cm³/mol. The second kappa shape index (κ2) is 4.45. The molecule has 2 rings (SSSR count). The standard InChI is InChI=1S/C14H14FN/c1-10-6-7-11(8-12(10)9-16)13-4-2-3-5-14(13)15/h2-8H,9,16H2,1H3. The van der Waals surface area contributed by atoms with Gasteiger partial charge in [-0.1, -0.05) is 30.3 Å². The van der Waals surface area contributed by atoms with E-state index < -0.39 is 0 Å². The minimum Gasteiger partial charge on any atom is -0.326 e. The van der Waals surface area contributed by atoms with Crippen LogP contribution in [0.3, 0.4) is 0 Å². The lowest BCUT2D eigenvalue weighted by atomic mass is 9.99. The van der Waals surface area contributed by atoms with Crippen LogP contribution in [0.1, 0.15) is 11.1 Å². The Bertz CT molecular complexity index is 506. The molecule has 0 fully saturated rings. The topological polar surface area (TPSA) is 26.0 Å². The molecular formula is C14H14FN. The van der Waals surface area contributed by atoms with Crippen LogP contribution >= 0.6 is 0 Å². The number of rotatable bonds is 2. The van der Waals surface area contributed by atoms with Crippen LogP contribution in [0.5, 0.6) is 0 Å². The van der Waals surface area contributed by atoms with Gasteiger partial charge in [0.1, 0.15) is 5.82 Å². The number of aryl methyl sites for hydroxylation is 1. The first-order valence-electron chi connectivity index (χ1n) is 5.27. The molecule has 2 aromatic rings. The third kappa shape index (κ3) is 1.97. The molecule has 0 saturated carbocycles. The van der Waals surface area contributed by atoms with E-state index in [4.69, 9.17) is 5.73 Å². The SMILES string of the molecule is Cc1ccc(-c2ccccc2F)cc1CN. The molecule has 2 heteroatoms. The van der Waals surface area contributed by atoms with E-state index in [2.05, 4.69) is 0 Å². The largest absolute Gasteiger partial charge is 0.326 e. The minimum absolute atomic E-state index is 0.200. The molecule has 0 aromatic heterocycles. The minimum atomic E-state index is -0.200. The van der Waals surface area contributed by atoms with Gasteiger partial charge in [-0.05, 0) is 35.7 Å².